The van der Waals surface area contributed by atoms with Crippen LogP contribution in [0.4, 0.5) is 0 Å². The quantitative estimate of drug-likeness (QED) is 0.841. The van der Waals surface area contributed by atoms with Crippen LogP contribution in [-0.4, -0.2) is 41.2 Å². The van der Waals surface area contributed by atoms with E-state index in [0.717, 1.165) is 51.2 Å². The number of amides is 2. The summed E-state index contributed by atoms with van der Waals surface area (Å²) in [5.41, 5.74) is 1.17. The average molecular weight is 342 g/mol. The van der Waals surface area contributed by atoms with E-state index in [1.807, 2.05) is 28.0 Å². The highest BCUT2D eigenvalue weighted by atomic mass is 16.2. The van der Waals surface area contributed by atoms with Gasteiger partial charge in [-0.05, 0) is 43.1 Å². The third-order valence-electron chi connectivity index (χ3n) is 5.74. The number of benzene rings is 1. The number of carbonyl (C=O) groups excluding carboxylic acids is 2. The molecule has 2 heterocycles. The van der Waals surface area contributed by atoms with Gasteiger partial charge in [0, 0.05) is 39.0 Å². The van der Waals surface area contributed by atoms with Crippen molar-refractivity contribution in [2.24, 2.45) is 11.8 Å². The lowest BCUT2D eigenvalue weighted by Crippen LogP contribution is -2.38. The molecule has 0 aliphatic carbocycles. The Morgan fingerprint density at radius 2 is 1.76 bits per heavy atom. The number of likely N-dealkylation sites (tertiary alicyclic amines) is 2. The predicted octanol–water partition coefficient (Wildman–Crippen LogP) is 3.46. The molecule has 2 aliphatic rings. The number of nitrogens with zero attached hydrogens (tertiary/aromatic N) is 2. The molecule has 2 saturated heterocycles. The van der Waals surface area contributed by atoms with Crippen LogP contribution in [0.15, 0.2) is 30.3 Å². The Hall–Kier alpha value is -1.84. The van der Waals surface area contributed by atoms with Gasteiger partial charge >= 0.3 is 0 Å². The van der Waals surface area contributed by atoms with Gasteiger partial charge in [0.2, 0.25) is 11.8 Å². The van der Waals surface area contributed by atoms with Crippen molar-refractivity contribution in [1.82, 2.24) is 9.80 Å². The van der Waals surface area contributed by atoms with Gasteiger partial charge in [0.05, 0.1) is 0 Å². The molecular weight excluding hydrogens is 312 g/mol. The van der Waals surface area contributed by atoms with Gasteiger partial charge in [0.25, 0.3) is 0 Å². The molecule has 0 aromatic heterocycles. The Morgan fingerprint density at radius 1 is 1.04 bits per heavy atom. The Kier molecular flexibility index (Phi) is 6.11. The molecule has 0 saturated carbocycles. The molecule has 1 aromatic carbocycles. The SMILES string of the molecule is CC1CCN(C(=O)CC2CCC(=O)N(Cc3ccccc3)CC2)CC1. The van der Waals surface area contributed by atoms with Crippen molar-refractivity contribution >= 4 is 11.8 Å². The Balaban J connectivity index is 1.50. The number of piperidine rings is 1. The Bertz CT molecular complexity index is 579. The summed E-state index contributed by atoms with van der Waals surface area (Å²) in [6.45, 7) is 5.53. The van der Waals surface area contributed by atoms with E-state index in [1.165, 1.54) is 5.56 Å². The monoisotopic (exact) mass is 342 g/mol. The minimum absolute atomic E-state index is 0.227. The van der Waals surface area contributed by atoms with Crippen LogP contribution >= 0.6 is 0 Å². The number of rotatable bonds is 4. The normalized spacial score (nSPS) is 22.8. The molecule has 4 heteroatoms. The summed E-state index contributed by atoms with van der Waals surface area (Å²) < 4.78 is 0. The summed E-state index contributed by atoms with van der Waals surface area (Å²) in [5.74, 6) is 1.61. The third-order valence-corrected chi connectivity index (χ3v) is 5.74. The fourth-order valence-corrected chi connectivity index (χ4v) is 3.90. The third kappa shape index (κ3) is 5.07. The molecule has 1 aromatic rings. The van der Waals surface area contributed by atoms with Gasteiger partial charge in [0.15, 0.2) is 0 Å². The maximum absolute atomic E-state index is 12.6. The zero-order valence-corrected chi connectivity index (χ0v) is 15.3. The maximum atomic E-state index is 12.6. The molecule has 2 fully saturated rings. The summed E-state index contributed by atoms with van der Waals surface area (Å²) in [4.78, 5) is 29.0. The van der Waals surface area contributed by atoms with Gasteiger partial charge in [0.1, 0.15) is 0 Å². The van der Waals surface area contributed by atoms with Crippen molar-refractivity contribution in [3.8, 4) is 0 Å². The average Bonchev–Trinajstić information content (AvgIpc) is 2.79. The number of hydrogen-bond acceptors (Lipinski definition) is 2. The highest BCUT2D eigenvalue weighted by Crippen LogP contribution is 2.25. The number of hydrogen-bond donors (Lipinski definition) is 0. The van der Waals surface area contributed by atoms with Crippen LogP contribution in [0.5, 0.6) is 0 Å². The molecule has 4 nitrogen and oxygen atoms in total. The zero-order chi connectivity index (χ0) is 17.6. The van der Waals surface area contributed by atoms with Crippen LogP contribution in [0.2, 0.25) is 0 Å². The molecule has 3 rings (SSSR count). The largest absolute Gasteiger partial charge is 0.343 e. The summed E-state index contributed by atoms with van der Waals surface area (Å²) in [6.07, 6.45) is 5.22. The molecule has 0 N–H and O–H groups in total. The van der Waals surface area contributed by atoms with Crippen LogP contribution in [0, 0.1) is 11.8 Å². The highest BCUT2D eigenvalue weighted by Gasteiger charge is 2.27. The van der Waals surface area contributed by atoms with Crippen LogP contribution in [0.3, 0.4) is 0 Å². The zero-order valence-electron chi connectivity index (χ0n) is 15.3. The van der Waals surface area contributed by atoms with E-state index in [2.05, 4.69) is 19.1 Å². The second kappa shape index (κ2) is 8.50. The molecule has 25 heavy (non-hydrogen) atoms. The van der Waals surface area contributed by atoms with Gasteiger partial charge in [-0.2, -0.15) is 0 Å². The van der Waals surface area contributed by atoms with Gasteiger partial charge in [-0.15, -0.1) is 0 Å². The Morgan fingerprint density at radius 3 is 2.48 bits per heavy atom. The molecule has 1 unspecified atom stereocenters. The molecule has 2 amide bonds. The van der Waals surface area contributed by atoms with Crippen molar-refractivity contribution in [1.29, 1.82) is 0 Å². The van der Waals surface area contributed by atoms with Crippen molar-refractivity contribution in [3.63, 3.8) is 0 Å². The first-order valence-electron chi connectivity index (χ1n) is 9.71. The topological polar surface area (TPSA) is 40.6 Å². The Labute approximate surface area is 151 Å². The van der Waals surface area contributed by atoms with Crippen molar-refractivity contribution < 1.29 is 9.59 Å². The first-order valence-corrected chi connectivity index (χ1v) is 9.71. The van der Waals surface area contributed by atoms with Crippen molar-refractivity contribution in [3.05, 3.63) is 35.9 Å². The van der Waals surface area contributed by atoms with Gasteiger partial charge in [-0.25, -0.2) is 0 Å². The maximum Gasteiger partial charge on any atom is 0.222 e. The first kappa shape index (κ1) is 18.0. The minimum atomic E-state index is 0.227. The lowest BCUT2D eigenvalue weighted by atomic mass is 9.94. The fourth-order valence-electron chi connectivity index (χ4n) is 3.90. The van der Waals surface area contributed by atoms with E-state index >= 15 is 0 Å². The fraction of sp³-hybridized carbons (Fsp3) is 0.619. The van der Waals surface area contributed by atoms with Crippen molar-refractivity contribution in [2.75, 3.05) is 19.6 Å². The van der Waals surface area contributed by atoms with E-state index < -0.39 is 0 Å². The summed E-state index contributed by atoms with van der Waals surface area (Å²) in [6, 6.07) is 10.2. The second-order valence-corrected chi connectivity index (χ2v) is 7.76. The van der Waals surface area contributed by atoms with Crippen LogP contribution < -0.4 is 0 Å². The van der Waals surface area contributed by atoms with Gasteiger partial charge in [-0.1, -0.05) is 37.3 Å². The second-order valence-electron chi connectivity index (χ2n) is 7.76. The molecule has 0 radical (unpaired) electrons. The molecular formula is C21H30N2O2. The van der Waals surface area contributed by atoms with E-state index in [-0.39, 0.29) is 5.91 Å². The first-order chi connectivity index (χ1) is 12.1. The summed E-state index contributed by atoms with van der Waals surface area (Å²) in [5, 5.41) is 0. The molecule has 0 bridgehead atoms. The van der Waals surface area contributed by atoms with Crippen LogP contribution in [0.1, 0.15) is 51.0 Å². The molecule has 136 valence electrons. The van der Waals surface area contributed by atoms with Gasteiger partial charge < -0.3 is 9.80 Å². The summed E-state index contributed by atoms with van der Waals surface area (Å²) in [7, 11) is 0. The number of carbonyl (C=O) groups is 2. The summed E-state index contributed by atoms with van der Waals surface area (Å²) >= 11 is 0. The highest BCUT2D eigenvalue weighted by molar-refractivity contribution is 5.78. The van der Waals surface area contributed by atoms with E-state index in [9.17, 15) is 9.59 Å². The molecule has 1 atom stereocenters. The van der Waals surface area contributed by atoms with E-state index in [1.54, 1.807) is 0 Å². The van der Waals surface area contributed by atoms with Crippen molar-refractivity contribution in [2.45, 2.75) is 52.0 Å². The predicted molar refractivity (Wildman–Crippen MR) is 98.8 cm³/mol. The van der Waals surface area contributed by atoms with E-state index in [4.69, 9.17) is 0 Å². The minimum Gasteiger partial charge on any atom is -0.343 e. The van der Waals surface area contributed by atoms with Crippen LogP contribution in [-0.2, 0) is 16.1 Å². The smallest absolute Gasteiger partial charge is 0.222 e. The lowest BCUT2D eigenvalue weighted by Gasteiger charge is -2.31. The van der Waals surface area contributed by atoms with Gasteiger partial charge in [-0.3, -0.25) is 9.59 Å². The van der Waals surface area contributed by atoms with E-state index in [0.29, 0.717) is 31.2 Å². The molecule has 0 spiro atoms. The standard InChI is InChI=1S/C21H30N2O2/c1-17-9-12-22(13-10-17)21(25)15-18-7-8-20(24)23(14-11-18)16-19-5-3-2-4-6-19/h2-6,17-18H,7-16H2,1H3. The van der Waals surface area contributed by atoms with Crippen LogP contribution in [0.25, 0.3) is 0 Å². The lowest BCUT2D eigenvalue weighted by molar-refractivity contribution is -0.134. The molecule has 2 aliphatic heterocycles.